The predicted octanol–water partition coefficient (Wildman–Crippen LogP) is 0.855. The number of halogens is 1. The molecule has 1 aliphatic rings. The maximum Gasteiger partial charge on any atom is 0.305 e. The number of carboxylic acids is 1. The summed E-state index contributed by atoms with van der Waals surface area (Å²) in [5.74, 6) is -3.13. The highest BCUT2D eigenvalue weighted by Crippen LogP contribution is 2.23. The molecule has 1 heterocycles. The maximum atomic E-state index is 13.0. The molecule has 0 saturated carbocycles. The molecule has 0 bridgehead atoms. The van der Waals surface area contributed by atoms with Crippen LogP contribution in [0.5, 0.6) is 11.5 Å². The topological polar surface area (TPSA) is 154 Å². The largest absolute Gasteiger partial charge is 0.508 e. The van der Waals surface area contributed by atoms with Crippen LogP contribution in [0.25, 0.3) is 0 Å². The summed E-state index contributed by atoms with van der Waals surface area (Å²) in [7, 11) is 0. The summed E-state index contributed by atoms with van der Waals surface area (Å²) in [6, 6.07) is 7.92. The molecule has 10 nitrogen and oxygen atoms in total. The fraction of sp³-hybridized carbons (Fsp3) is 0.273. The normalized spacial score (nSPS) is 19.4. The van der Waals surface area contributed by atoms with Gasteiger partial charge in [-0.15, -0.1) is 0 Å². The summed E-state index contributed by atoms with van der Waals surface area (Å²) < 4.78 is 5.60. The van der Waals surface area contributed by atoms with E-state index >= 15 is 0 Å². The molecular formula is C22H22ClN3O7. The Balaban J connectivity index is 1.95. The quantitative estimate of drug-likeness (QED) is 0.439. The Kier molecular flexibility index (Phi) is 7.73. The predicted molar refractivity (Wildman–Crippen MR) is 117 cm³/mol. The minimum Gasteiger partial charge on any atom is -0.508 e. The minimum absolute atomic E-state index is 0.00166. The van der Waals surface area contributed by atoms with Crippen LogP contribution < -0.4 is 20.7 Å². The smallest absolute Gasteiger partial charge is 0.305 e. The fourth-order valence-electron chi connectivity index (χ4n) is 3.23. The van der Waals surface area contributed by atoms with Gasteiger partial charge in [0.25, 0.3) is 5.91 Å². The summed E-state index contributed by atoms with van der Waals surface area (Å²) in [6.45, 7) is 0.0176. The van der Waals surface area contributed by atoms with Crippen LogP contribution in [0.2, 0.25) is 5.02 Å². The Hall–Kier alpha value is -3.79. The highest BCUT2D eigenvalue weighted by molar-refractivity contribution is 6.31. The van der Waals surface area contributed by atoms with Crippen molar-refractivity contribution in [2.45, 2.75) is 24.9 Å². The third-order valence-electron chi connectivity index (χ3n) is 4.85. The molecule has 2 atom stereocenters. The number of phenolic OH excluding ortho intramolecular Hbond substituents is 1. The van der Waals surface area contributed by atoms with E-state index in [1.807, 2.05) is 0 Å². The molecule has 11 heteroatoms. The van der Waals surface area contributed by atoms with Crippen molar-refractivity contribution < 1.29 is 34.1 Å². The van der Waals surface area contributed by atoms with Crippen LogP contribution in [-0.2, 0) is 20.8 Å². The Morgan fingerprint density at radius 3 is 2.45 bits per heavy atom. The lowest BCUT2D eigenvalue weighted by atomic mass is 10.0. The molecule has 2 aromatic carbocycles. The summed E-state index contributed by atoms with van der Waals surface area (Å²) in [5, 5.41) is 26.5. The highest BCUT2D eigenvalue weighted by Gasteiger charge is 2.30. The van der Waals surface area contributed by atoms with Crippen LogP contribution >= 0.6 is 11.6 Å². The highest BCUT2D eigenvalue weighted by atomic mass is 35.5. The number of hydrogen-bond acceptors (Lipinski definition) is 6. The van der Waals surface area contributed by atoms with Crippen molar-refractivity contribution in [2.75, 3.05) is 13.2 Å². The molecular weight excluding hydrogens is 454 g/mol. The molecule has 1 aliphatic heterocycles. The molecule has 0 unspecified atom stereocenters. The number of phenols is 1. The molecule has 0 spiro atoms. The second-order valence-corrected chi connectivity index (χ2v) is 7.77. The van der Waals surface area contributed by atoms with Gasteiger partial charge in [-0.3, -0.25) is 19.2 Å². The lowest BCUT2D eigenvalue weighted by Gasteiger charge is -2.22. The van der Waals surface area contributed by atoms with Gasteiger partial charge < -0.3 is 30.9 Å². The first-order chi connectivity index (χ1) is 15.7. The average Bonchev–Trinajstić information content (AvgIpc) is 2.77. The van der Waals surface area contributed by atoms with Crippen molar-refractivity contribution in [3.05, 3.63) is 58.6 Å². The summed E-state index contributed by atoms with van der Waals surface area (Å²) in [6.07, 6.45) is -0.635. The maximum absolute atomic E-state index is 13.0. The third-order valence-corrected chi connectivity index (χ3v) is 5.09. The van der Waals surface area contributed by atoms with E-state index in [-0.39, 0.29) is 41.7 Å². The number of aromatic hydroxyl groups is 1. The summed E-state index contributed by atoms with van der Waals surface area (Å²) >= 11 is 6.04. The van der Waals surface area contributed by atoms with Gasteiger partial charge in [-0.25, -0.2) is 0 Å². The molecule has 0 radical (unpaired) electrons. The van der Waals surface area contributed by atoms with E-state index in [0.29, 0.717) is 5.56 Å². The molecule has 3 rings (SSSR count). The van der Waals surface area contributed by atoms with Gasteiger partial charge in [-0.05, 0) is 35.9 Å². The van der Waals surface area contributed by atoms with E-state index in [1.54, 1.807) is 12.1 Å². The van der Waals surface area contributed by atoms with E-state index in [2.05, 4.69) is 16.0 Å². The van der Waals surface area contributed by atoms with E-state index in [1.165, 1.54) is 30.3 Å². The van der Waals surface area contributed by atoms with Crippen molar-refractivity contribution >= 4 is 35.3 Å². The number of nitrogens with one attached hydrogen (secondary N) is 3. The number of benzene rings is 2. The van der Waals surface area contributed by atoms with Gasteiger partial charge in [0.1, 0.15) is 30.2 Å². The molecule has 0 aromatic heterocycles. The van der Waals surface area contributed by atoms with Crippen molar-refractivity contribution in [3.8, 4) is 11.5 Å². The Bertz CT molecular complexity index is 1060. The van der Waals surface area contributed by atoms with E-state index in [4.69, 9.17) is 21.4 Å². The van der Waals surface area contributed by atoms with Crippen LogP contribution in [0.1, 0.15) is 22.3 Å². The van der Waals surface area contributed by atoms with Gasteiger partial charge in [0.2, 0.25) is 11.8 Å². The number of amides is 3. The van der Waals surface area contributed by atoms with Crippen molar-refractivity contribution in [2.24, 2.45) is 0 Å². The number of rotatable bonds is 4. The van der Waals surface area contributed by atoms with Gasteiger partial charge >= 0.3 is 5.97 Å². The average molecular weight is 476 g/mol. The zero-order chi connectivity index (χ0) is 24.0. The number of ether oxygens (including phenoxy) is 1. The summed E-state index contributed by atoms with van der Waals surface area (Å²) in [5.41, 5.74) is 0.707. The first-order valence-corrected chi connectivity index (χ1v) is 10.4. The van der Waals surface area contributed by atoms with Gasteiger partial charge in [0.05, 0.1) is 18.5 Å². The van der Waals surface area contributed by atoms with E-state index in [9.17, 15) is 24.3 Å². The van der Waals surface area contributed by atoms with E-state index in [0.717, 1.165) is 0 Å². The zero-order valence-corrected chi connectivity index (χ0v) is 18.1. The number of aliphatic carboxylic acids is 1. The number of carboxylic acid groups (broad SMARTS) is 1. The Morgan fingerprint density at radius 2 is 1.76 bits per heavy atom. The SMILES string of the molecule is O=C(O)C[C@@H]1NC(=O)[C@H](Cc2ccc(O)cc2)NC(=O)c2cc(Cl)ccc2OCCNC1=O. The summed E-state index contributed by atoms with van der Waals surface area (Å²) in [4.78, 5) is 49.8. The molecule has 5 N–H and O–H groups in total. The van der Waals surface area contributed by atoms with Crippen molar-refractivity contribution in [1.29, 1.82) is 0 Å². The lowest BCUT2D eigenvalue weighted by molar-refractivity contribution is -0.140. The van der Waals surface area contributed by atoms with E-state index < -0.39 is 42.2 Å². The first kappa shape index (κ1) is 23.9. The van der Waals surface area contributed by atoms with Gasteiger partial charge in [0, 0.05) is 11.4 Å². The molecule has 174 valence electrons. The third kappa shape index (κ3) is 6.59. The van der Waals surface area contributed by atoms with Crippen LogP contribution in [0.4, 0.5) is 0 Å². The lowest BCUT2D eigenvalue weighted by Crippen LogP contribution is -2.55. The zero-order valence-electron chi connectivity index (χ0n) is 17.3. The van der Waals surface area contributed by atoms with Gasteiger partial charge in [-0.2, -0.15) is 0 Å². The monoisotopic (exact) mass is 475 g/mol. The standard InChI is InChI=1S/C22H22ClN3O7/c23-13-3-6-18-15(10-13)20(30)25-16(9-12-1-4-14(27)5-2-12)22(32)26-17(11-19(28)29)21(31)24-7-8-33-18/h1-6,10,16-17,27H,7-9,11H2,(H,24,31)(H,25,30)(H,26,32)(H,28,29)/t16-,17-/m0/s1. The fourth-order valence-corrected chi connectivity index (χ4v) is 3.41. The van der Waals surface area contributed by atoms with Crippen LogP contribution in [-0.4, -0.2) is 59.1 Å². The van der Waals surface area contributed by atoms with Crippen molar-refractivity contribution in [1.82, 2.24) is 16.0 Å². The molecule has 33 heavy (non-hydrogen) atoms. The molecule has 0 fully saturated rings. The van der Waals surface area contributed by atoms with Crippen molar-refractivity contribution in [3.63, 3.8) is 0 Å². The minimum atomic E-state index is -1.35. The second kappa shape index (κ2) is 10.7. The second-order valence-electron chi connectivity index (χ2n) is 7.34. The number of carbonyl (C=O) groups excluding carboxylic acids is 3. The van der Waals surface area contributed by atoms with Crippen LogP contribution in [0.15, 0.2) is 42.5 Å². The first-order valence-electron chi connectivity index (χ1n) is 10.0. The molecule has 0 saturated heterocycles. The molecule has 2 aromatic rings. The number of hydrogen-bond donors (Lipinski definition) is 5. The Labute approximate surface area is 193 Å². The molecule has 3 amide bonds. The van der Waals surface area contributed by atoms with Gasteiger partial charge in [-0.1, -0.05) is 23.7 Å². The van der Waals surface area contributed by atoms with Crippen LogP contribution in [0, 0.1) is 0 Å². The number of fused-ring (bicyclic) bond motifs is 1. The number of carbonyl (C=O) groups is 4. The Morgan fingerprint density at radius 1 is 1.03 bits per heavy atom. The van der Waals surface area contributed by atoms with Gasteiger partial charge in [0.15, 0.2) is 0 Å². The molecule has 0 aliphatic carbocycles. The van der Waals surface area contributed by atoms with Crippen LogP contribution in [0.3, 0.4) is 0 Å².